The topological polar surface area (TPSA) is 63.7 Å². The average Bonchev–Trinajstić information content (AvgIpc) is 2.73. The number of sulfonamides is 1. The molecule has 0 saturated heterocycles. The molecule has 0 fully saturated rings. The van der Waals surface area contributed by atoms with Crippen molar-refractivity contribution in [2.45, 2.75) is 52.1 Å². The number of ether oxygens (including phenoxy) is 1. The number of aryl methyl sites for hydroxylation is 2. The second-order valence-electron chi connectivity index (χ2n) is 9.49. The van der Waals surface area contributed by atoms with Crippen molar-refractivity contribution < 1.29 is 17.9 Å². The summed E-state index contributed by atoms with van der Waals surface area (Å²) >= 11 is 3.55. The van der Waals surface area contributed by atoms with E-state index < -0.39 is 30.1 Å². The number of methoxy groups -OCH3 is 1. The monoisotopic (exact) mass is 551 g/mol. The van der Waals surface area contributed by atoms with E-state index in [1.807, 2.05) is 56.3 Å². The van der Waals surface area contributed by atoms with Crippen LogP contribution in [-0.4, -0.2) is 39.6 Å². The Balaban J connectivity index is 2.75. The van der Waals surface area contributed by atoms with Crippen LogP contribution in [0.4, 0.5) is 0 Å². The highest BCUT2D eigenvalue weighted by Gasteiger charge is 2.38. The van der Waals surface area contributed by atoms with Gasteiger partial charge in [-0.3, -0.25) is 0 Å². The SMILES string of the molecule is C=C(C(=O)OC)C(c1c(C)cccc1C)N(Cc1ccccc1Br)S(=O)(=O)CC[Si](C)(C)C. The molecule has 5 nitrogen and oxygen atoms in total. The number of nitrogens with zero attached hydrogens (tertiary/aromatic N) is 1. The molecular weight excluding hydrogens is 518 g/mol. The van der Waals surface area contributed by atoms with Crippen LogP contribution in [0.25, 0.3) is 0 Å². The molecule has 0 amide bonds. The van der Waals surface area contributed by atoms with Crippen LogP contribution in [0.2, 0.25) is 25.7 Å². The minimum atomic E-state index is -3.76. The molecule has 0 aromatic heterocycles. The molecule has 0 radical (unpaired) electrons. The van der Waals surface area contributed by atoms with E-state index in [-0.39, 0.29) is 17.9 Å². The van der Waals surface area contributed by atoms with E-state index >= 15 is 0 Å². The minimum absolute atomic E-state index is 0.0169. The lowest BCUT2D eigenvalue weighted by molar-refractivity contribution is -0.136. The maximum absolute atomic E-state index is 13.9. The van der Waals surface area contributed by atoms with E-state index in [9.17, 15) is 13.2 Å². The summed E-state index contributed by atoms with van der Waals surface area (Å²) in [6.07, 6.45) is 0. The summed E-state index contributed by atoms with van der Waals surface area (Å²) in [7, 11) is -4.11. The van der Waals surface area contributed by atoms with Crippen molar-refractivity contribution in [1.29, 1.82) is 0 Å². The minimum Gasteiger partial charge on any atom is -0.466 e. The summed E-state index contributed by atoms with van der Waals surface area (Å²) in [6.45, 7) is 14.4. The highest BCUT2D eigenvalue weighted by Crippen LogP contribution is 2.37. The predicted octanol–water partition coefficient (Wildman–Crippen LogP) is 6.01. The number of hydrogen-bond acceptors (Lipinski definition) is 4. The van der Waals surface area contributed by atoms with Gasteiger partial charge >= 0.3 is 5.97 Å². The lowest BCUT2D eigenvalue weighted by Crippen LogP contribution is -2.40. The van der Waals surface area contributed by atoms with Crippen molar-refractivity contribution in [2.24, 2.45) is 0 Å². The number of rotatable bonds is 10. The Kier molecular flexibility index (Phi) is 9.27. The Morgan fingerprint density at radius 1 is 1.09 bits per heavy atom. The molecule has 0 saturated carbocycles. The molecule has 2 rings (SSSR count). The van der Waals surface area contributed by atoms with E-state index in [0.29, 0.717) is 6.04 Å². The second kappa shape index (κ2) is 11.1. The first-order valence-electron chi connectivity index (χ1n) is 10.8. The van der Waals surface area contributed by atoms with Crippen molar-refractivity contribution in [3.63, 3.8) is 0 Å². The normalized spacial score (nSPS) is 13.1. The van der Waals surface area contributed by atoms with Gasteiger partial charge in [0.1, 0.15) is 0 Å². The van der Waals surface area contributed by atoms with Gasteiger partial charge < -0.3 is 4.74 Å². The summed E-state index contributed by atoms with van der Waals surface area (Å²) in [4.78, 5) is 12.7. The molecule has 180 valence electrons. The van der Waals surface area contributed by atoms with E-state index in [1.54, 1.807) is 0 Å². The van der Waals surface area contributed by atoms with Gasteiger partial charge in [0.2, 0.25) is 10.0 Å². The van der Waals surface area contributed by atoms with Crippen LogP contribution in [0, 0.1) is 13.8 Å². The number of carbonyl (C=O) groups is 1. The molecule has 0 aliphatic rings. The molecule has 1 unspecified atom stereocenters. The van der Waals surface area contributed by atoms with Crippen molar-refractivity contribution in [2.75, 3.05) is 12.9 Å². The van der Waals surface area contributed by atoms with Crippen LogP contribution in [0.5, 0.6) is 0 Å². The van der Waals surface area contributed by atoms with Crippen molar-refractivity contribution in [1.82, 2.24) is 4.31 Å². The second-order valence-corrected chi connectivity index (χ2v) is 18.0. The predicted molar refractivity (Wildman–Crippen MR) is 141 cm³/mol. The van der Waals surface area contributed by atoms with Crippen molar-refractivity contribution >= 4 is 40.0 Å². The van der Waals surface area contributed by atoms with Crippen molar-refractivity contribution in [3.05, 3.63) is 81.3 Å². The summed E-state index contributed by atoms with van der Waals surface area (Å²) in [6, 6.07) is 13.0. The van der Waals surface area contributed by atoms with Gasteiger partial charge in [-0.2, -0.15) is 4.31 Å². The smallest absolute Gasteiger partial charge is 0.335 e. The fourth-order valence-electron chi connectivity index (χ4n) is 3.69. The van der Waals surface area contributed by atoms with Gasteiger partial charge in [-0.05, 0) is 48.2 Å². The Morgan fingerprint density at radius 3 is 2.18 bits per heavy atom. The maximum Gasteiger partial charge on any atom is 0.335 e. The van der Waals surface area contributed by atoms with Crippen LogP contribution in [-0.2, 0) is 26.1 Å². The summed E-state index contributed by atoms with van der Waals surface area (Å²) in [5.74, 6) is -0.608. The number of hydrogen-bond donors (Lipinski definition) is 0. The quantitative estimate of drug-likeness (QED) is 0.206. The highest BCUT2D eigenvalue weighted by molar-refractivity contribution is 9.10. The number of halogens is 1. The lowest BCUT2D eigenvalue weighted by Gasteiger charge is -2.34. The van der Waals surface area contributed by atoms with E-state index in [2.05, 4.69) is 42.1 Å². The first kappa shape index (κ1) is 27.5. The van der Waals surface area contributed by atoms with Gasteiger partial charge in [-0.1, -0.05) is 78.5 Å². The summed E-state index contributed by atoms with van der Waals surface area (Å²) in [5.41, 5.74) is 3.45. The Morgan fingerprint density at radius 2 is 1.67 bits per heavy atom. The highest BCUT2D eigenvalue weighted by atomic mass is 79.9. The third-order valence-electron chi connectivity index (χ3n) is 5.63. The molecule has 8 heteroatoms. The van der Waals surface area contributed by atoms with Gasteiger partial charge in [0.25, 0.3) is 0 Å². The molecule has 2 aromatic carbocycles. The third kappa shape index (κ3) is 7.12. The first-order chi connectivity index (χ1) is 15.3. The first-order valence-corrected chi connectivity index (χ1v) is 17.0. The zero-order valence-corrected chi connectivity index (χ0v) is 23.7. The molecule has 33 heavy (non-hydrogen) atoms. The molecular formula is C25H34BrNO4SSi. The zero-order valence-electron chi connectivity index (χ0n) is 20.3. The maximum atomic E-state index is 13.9. The molecule has 0 bridgehead atoms. The van der Waals surface area contributed by atoms with E-state index in [0.717, 1.165) is 26.7 Å². The van der Waals surface area contributed by atoms with Gasteiger partial charge in [-0.25, -0.2) is 13.2 Å². The van der Waals surface area contributed by atoms with Crippen LogP contribution in [0.3, 0.4) is 0 Å². The molecule has 0 heterocycles. The van der Waals surface area contributed by atoms with Crippen LogP contribution in [0.1, 0.15) is 28.3 Å². The fraction of sp³-hybridized carbons (Fsp3) is 0.400. The number of carbonyl (C=O) groups excluding carboxylic acids is 1. The van der Waals surface area contributed by atoms with Gasteiger partial charge in [0, 0.05) is 19.1 Å². The Bertz CT molecular complexity index is 1110. The molecule has 0 N–H and O–H groups in total. The molecule has 0 aliphatic heterocycles. The van der Waals surface area contributed by atoms with Gasteiger partial charge in [-0.15, -0.1) is 0 Å². The van der Waals surface area contributed by atoms with Crippen LogP contribution < -0.4 is 0 Å². The number of esters is 1. The van der Waals surface area contributed by atoms with Crippen LogP contribution >= 0.6 is 15.9 Å². The average molecular weight is 553 g/mol. The molecule has 2 aromatic rings. The van der Waals surface area contributed by atoms with E-state index in [4.69, 9.17) is 4.74 Å². The summed E-state index contributed by atoms with van der Waals surface area (Å²) in [5, 5.41) is 0. The molecule has 0 spiro atoms. The Hall–Kier alpha value is -1.74. The molecule has 1 atom stereocenters. The third-order valence-corrected chi connectivity index (χ3v) is 10.3. The largest absolute Gasteiger partial charge is 0.466 e. The van der Waals surface area contributed by atoms with Gasteiger partial charge in [0.15, 0.2) is 0 Å². The van der Waals surface area contributed by atoms with Crippen molar-refractivity contribution in [3.8, 4) is 0 Å². The van der Waals surface area contributed by atoms with Crippen LogP contribution in [0.15, 0.2) is 59.1 Å². The fourth-order valence-corrected chi connectivity index (χ4v) is 8.71. The Labute approximate surface area is 208 Å². The van der Waals surface area contributed by atoms with E-state index in [1.165, 1.54) is 11.4 Å². The molecule has 0 aliphatic carbocycles. The number of benzene rings is 2. The lowest BCUT2D eigenvalue weighted by atomic mass is 9.91. The summed E-state index contributed by atoms with van der Waals surface area (Å²) < 4.78 is 35.0. The van der Waals surface area contributed by atoms with Gasteiger partial charge in [0.05, 0.1) is 24.5 Å². The zero-order chi connectivity index (χ0) is 25.0. The standard InChI is InChI=1S/C25H34BrNO4SSi/c1-18-11-10-12-19(2)23(18)24(20(3)25(28)31-4)27(17-21-13-8-9-14-22(21)26)32(29,30)15-16-33(5,6)7/h8-14,24H,3,15-17H2,1-2,4-7H3.